The van der Waals surface area contributed by atoms with Gasteiger partial charge in [0.1, 0.15) is 11.9 Å². The van der Waals surface area contributed by atoms with Crippen LogP contribution in [-0.4, -0.2) is 37.0 Å². The van der Waals surface area contributed by atoms with Crippen molar-refractivity contribution >= 4 is 11.9 Å². The van der Waals surface area contributed by atoms with Gasteiger partial charge in [-0.3, -0.25) is 9.69 Å². The molecule has 1 aromatic rings. The van der Waals surface area contributed by atoms with Crippen molar-refractivity contribution in [3.63, 3.8) is 0 Å². The van der Waals surface area contributed by atoms with Crippen molar-refractivity contribution in [3.05, 3.63) is 35.6 Å². The Morgan fingerprint density at radius 2 is 1.86 bits per heavy atom. The number of nitrogens with two attached hydrogens (primary N) is 1. The van der Waals surface area contributed by atoms with Crippen LogP contribution >= 0.6 is 0 Å². The topological polar surface area (TPSA) is 72.6 Å². The second kappa shape index (κ2) is 6.67. The van der Waals surface area contributed by atoms with Gasteiger partial charge in [0.25, 0.3) is 0 Å². The van der Waals surface area contributed by atoms with Gasteiger partial charge < -0.3 is 10.5 Å². The fourth-order valence-corrected chi connectivity index (χ4v) is 2.69. The van der Waals surface area contributed by atoms with Crippen LogP contribution in [0.3, 0.4) is 0 Å². The molecule has 1 amide bonds. The molecule has 1 atom stereocenters. The number of carbonyl (C=O) groups is 2. The second-order valence-electron chi connectivity index (χ2n) is 5.19. The van der Waals surface area contributed by atoms with Crippen LogP contribution in [0.25, 0.3) is 0 Å². The summed E-state index contributed by atoms with van der Waals surface area (Å²) in [4.78, 5) is 25.2. The minimum absolute atomic E-state index is 0.146. The first kappa shape index (κ1) is 15.4. The highest BCUT2D eigenvalue weighted by atomic mass is 19.1. The first-order valence-corrected chi connectivity index (χ1v) is 6.89. The number of hydrogen-bond acceptors (Lipinski definition) is 4. The fraction of sp³-hybridized carbons (Fsp3) is 0.467. The minimum atomic E-state index is -0.579. The third-order valence-electron chi connectivity index (χ3n) is 3.91. The van der Waals surface area contributed by atoms with Crippen LogP contribution in [-0.2, 0) is 14.3 Å². The summed E-state index contributed by atoms with van der Waals surface area (Å²) in [7, 11) is 1.33. The summed E-state index contributed by atoms with van der Waals surface area (Å²) < 4.78 is 17.9. The molecule has 6 heteroatoms. The van der Waals surface area contributed by atoms with Gasteiger partial charge in [0.2, 0.25) is 5.91 Å². The van der Waals surface area contributed by atoms with Crippen molar-refractivity contribution in [1.29, 1.82) is 0 Å². The van der Waals surface area contributed by atoms with Gasteiger partial charge in [0.05, 0.1) is 7.11 Å². The molecule has 1 fully saturated rings. The lowest BCUT2D eigenvalue weighted by molar-refractivity contribution is -0.148. The largest absolute Gasteiger partial charge is 0.468 e. The molecule has 1 aliphatic heterocycles. The third kappa shape index (κ3) is 3.58. The number of amides is 1. The first-order chi connectivity index (χ1) is 10.0. The van der Waals surface area contributed by atoms with E-state index in [1.165, 1.54) is 19.2 Å². The quantitative estimate of drug-likeness (QED) is 0.848. The van der Waals surface area contributed by atoms with E-state index in [-0.39, 0.29) is 23.6 Å². The monoisotopic (exact) mass is 294 g/mol. The zero-order chi connectivity index (χ0) is 15.4. The normalized spacial score (nSPS) is 18.2. The van der Waals surface area contributed by atoms with E-state index in [1.54, 1.807) is 12.1 Å². The van der Waals surface area contributed by atoms with Crippen molar-refractivity contribution in [2.45, 2.75) is 18.9 Å². The number of nitrogens with zero attached hydrogens (tertiary/aromatic N) is 1. The Bertz CT molecular complexity index is 510. The summed E-state index contributed by atoms with van der Waals surface area (Å²) in [6, 6.07) is 5.22. The second-order valence-corrected chi connectivity index (χ2v) is 5.19. The van der Waals surface area contributed by atoms with Crippen LogP contribution in [0.4, 0.5) is 4.39 Å². The maximum absolute atomic E-state index is 13.0. The van der Waals surface area contributed by atoms with E-state index in [2.05, 4.69) is 0 Å². The number of hydrogen-bond donors (Lipinski definition) is 1. The first-order valence-electron chi connectivity index (χ1n) is 6.89. The van der Waals surface area contributed by atoms with Crippen LogP contribution in [0.2, 0.25) is 0 Å². The van der Waals surface area contributed by atoms with Gasteiger partial charge in [-0.25, -0.2) is 9.18 Å². The summed E-state index contributed by atoms with van der Waals surface area (Å²) in [5.74, 6) is -1.19. The van der Waals surface area contributed by atoms with Crippen molar-refractivity contribution in [2.75, 3.05) is 20.2 Å². The molecule has 2 rings (SSSR count). The number of rotatable bonds is 4. The van der Waals surface area contributed by atoms with Crippen molar-refractivity contribution < 1.29 is 18.7 Å². The number of methoxy groups -OCH3 is 1. The summed E-state index contributed by atoms with van der Waals surface area (Å²) in [6.07, 6.45) is 1.23. The Morgan fingerprint density at radius 1 is 1.29 bits per heavy atom. The van der Waals surface area contributed by atoms with Gasteiger partial charge in [-0.1, -0.05) is 12.1 Å². The highest BCUT2D eigenvalue weighted by Crippen LogP contribution is 2.28. The molecule has 21 heavy (non-hydrogen) atoms. The molecular formula is C15H19FN2O3. The summed E-state index contributed by atoms with van der Waals surface area (Å²) in [5, 5.41) is 0. The maximum Gasteiger partial charge on any atom is 0.327 e. The maximum atomic E-state index is 13.0. The summed E-state index contributed by atoms with van der Waals surface area (Å²) >= 11 is 0. The Hall–Kier alpha value is -1.95. The molecule has 1 heterocycles. The highest BCUT2D eigenvalue weighted by Gasteiger charge is 2.33. The van der Waals surface area contributed by atoms with Gasteiger partial charge in [0, 0.05) is 19.0 Å². The number of primary amides is 1. The number of ether oxygens (including phenoxy) is 1. The lowest BCUT2D eigenvalue weighted by Gasteiger charge is -2.35. The van der Waals surface area contributed by atoms with Gasteiger partial charge in [-0.15, -0.1) is 0 Å². The van der Waals surface area contributed by atoms with Crippen molar-refractivity contribution in [1.82, 2.24) is 4.90 Å². The molecule has 0 saturated carbocycles. The van der Waals surface area contributed by atoms with Crippen molar-refractivity contribution in [3.8, 4) is 0 Å². The number of carbonyl (C=O) groups excluding carboxylic acids is 2. The van der Waals surface area contributed by atoms with Crippen LogP contribution in [0, 0.1) is 11.7 Å². The van der Waals surface area contributed by atoms with E-state index >= 15 is 0 Å². The molecule has 0 spiro atoms. The third-order valence-corrected chi connectivity index (χ3v) is 3.91. The SMILES string of the molecule is COC(=O)C(c1ccc(F)cc1)N1CCC(C(N)=O)CC1. The molecule has 5 nitrogen and oxygen atoms in total. The van der Waals surface area contributed by atoms with E-state index in [1.807, 2.05) is 4.90 Å². The average molecular weight is 294 g/mol. The van der Waals surface area contributed by atoms with E-state index in [0.29, 0.717) is 31.5 Å². The molecule has 1 aliphatic rings. The zero-order valence-electron chi connectivity index (χ0n) is 11.9. The average Bonchev–Trinajstić information content (AvgIpc) is 2.49. The Labute approximate surface area is 122 Å². The molecule has 0 radical (unpaired) electrons. The number of halogens is 1. The van der Waals surface area contributed by atoms with Crippen LogP contribution in [0.5, 0.6) is 0 Å². The Kier molecular flexibility index (Phi) is 4.90. The van der Waals surface area contributed by atoms with Crippen LogP contribution < -0.4 is 5.73 Å². The van der Waals surface area contributed by atoms with E-state index in [0.717, 1.165) is 0 Å². The standard InChI is InChI=1S/C15H19FN2O3/c1-21-15(20)13(10-2-4-12(16)5-3-10)18-8-6-11(7-9-18)14(17)19/h2-5,11,13H,6-9H2,1H3,(H2,17,19). The predicted molar refractivity (Wildman–Crippen MR) is 74.6 cm³/mol. The van der Waals surface area contributed by atoms with Gasteiger partial charge >= 0.3 is 5.97 Å². The smallest absolute Gasteiger partial charge is 0.327 e. The number of piperidine rings is 1. The van der Waals surface area contributed by atoms with Crippen LogP contribution in [0.15, 0.2) is 24.3 Å². The zero-order valence-corrected chi connectivity index (χ0v) is 11.9. The minimum Gasteiger partial charge on any atom is -0.468 e. The summed E-state index contributed by atoms with van der Waals surface area (Å²) in [5.41, 5.74) is 5.99. The lowest BCUT2D eigenvalue weighted by atomic mass is 9.93. The lowest BCUT2D eigenvalue weighted by Crippen LogP contribution is -2.43. The van der Waals surface area contributed by atoms with Gasteiger partial charge in [-0.2, -0.15) is 0 Å². The number of esters is 1. The number of likely N-dealkylation sites (tertiary alicyclic amines) is 1. The molecule has 2 N–H and O–H groups in total. The van der Waals surface area contributed by atoms with Crippen molar-refractivity contribution in [2.24, 2.45) is 11.7 Å². The molecule has 0 aromatic heterocycles. The van der Waals surface area contributed by atoms with Crippen LogP contribution in [0.1, 0.15) is 24.4 Å². The molecule has 114 valence electrons. The molecule has 0 aliphatic carbocycles. The molecule has 1 saturated heterocycles. The highest BCUT2D eigenvalue weighted by molar-refractivity contribution is 5.78. The number of benzene rings is 1. The van der Waals surface area contributed by atoms with Gasteiger partial charge in [-0.05, 0) is 30.5 Å². The molecule has 1 aromatic carbocycles. The summed E-state index contributed by atoms with van der Waals surface area (Å²) in [6.45, 7) is 1.15. The van der Waals surface area contributed by atoms with E-state index in [4.69, 9.17) is 10.5 Å². The Balaban J connectivity index is 2.16. The molecular weight excluding hydrogens is 275 g/mol. The molecule has 0 bridgehead atoms. The fourth-order valence-electron chi connectivity index (χ4n) is 2.69. The van der Waals surface area contributed by atoms with E-state index in [9.17, 15) is 14.0 Å². The van der Waals surface area contributed by atoms with E-state index < -0.39 is 6.04 Å². The van der Waals surface area contributed by atoms with Gasteiger partial charge in [0.15, 0.2) is 0 Å². The molecule has 1 unspecified atom stereocenters. The Morgan fingerprint density at radius 3 is 2.33 bits per heavy atom. The predicted octanol–water partition coefficient (Wildman–Crippen LogP) is 1.24.